The van der Waals surface area contributed by atoms with Gasteiger partial charge in [0, 0.05) is 36.9 Å². The molecule has 1 saturated carbocycles. The Hall–Kier alpha value is -2.70. The molecule has 2 aromatic rings. The van der Waals surface area contributed by atoms with Crippen molar-refractivity contribution in [3.05, 3.63) is 46.5 Å². The van der Waals surface area contributed by atoms with Crippen molar-refractivity contribution in [1.29, 1.82) is 0 Å². The molecule has 3 N–H and O–H groups in total. The van der Waals surface area contributed by atoms with Crippen molar-refractivity contribution in [2.24, 2.45) is 0 Å². The number of nitrogens with one attached hydrogen (secondary N) is 2. The van der Waals surface area contributed by atoms with Crippen LogP contribution in [0.2, 0.25) is 0 Å². The third-order valence-corrected chi connectivity index (χ3v) is 8.06. The summed E-state index contributed by atoms with van der Waals surface area (Å²) < 4.78 is 44.0. The molecule has 0 unspecified atom stereocenters. The van der Waals surface area contributed by atoms with Gasteiger partial charge in [-0.15, -0.1) is 0 Å². The van der Waals surface area contributed by atoms with Crippen molar-refractivity contribution in [3.8, 4) is 5.19 Å². The van der Waals surface area contributed by atoms with E-state index < -0.39 is 23.2 Å². The largest absolute Gasteiger partial charge is 0.470 e. The minimum absolute atomic E-state index is 0.0750. The predicted molar refractivity (Wildman–Crippen MR) is 131 cm³/mol. The lowest BCUT2D eigenvalue weighted by atomic mass is 9.81. The molecule has 1 aromatic carbocycles. The van der Waals surface area contributed by atoms with Crippen molar-refractivity contribution in [3.63, 3.8) is 0 Å². The molecule has 2 amide bonds. The molecule has 0 spiro atoms. The molecule has 2 fully saturated rings. The fourth-order valence-electron chi connectivity index (χ4n) is 4.97. The Bertz CT molecular complexity index is 1100. The van der Waals surface area contributed by atoms with Gasteiger partial charge in [-0.1, -0.05) is 17.4 Å². The molecule has 0 radical (unpaired) electrons. The molecule has 1 saturated heterocycles. The minimum Gasteiger partial charge on any atom is -0.470 e. The summed E-state index contributed by atoms with van der Waals surface area (Å²) >= 11 is 1.39. The number of aromatic nitrogens is 1. The zero-order valence-corrected chi connectivity index (χ0v) is 21.3. The van der Waals surface area contributed by atoms with Crippen LogP contribution in [-0.4, -0.2) is 65.1 Å². The molecule has 2 aliphatic rings. The predicted octanol–water partition coefficient (Wildman–Crippen LogP) is 3.31. The van der Waals surface area contributed by atoms with Gasteiger partial charge in [0.15, 0.2) is 0 Å². The highest BCUT2D eigenvalue weighted by molar-refractivity contribution is 7.13. The van der Waals surface area contributed by atoms with Gasteiger partial charge in [0.2, 0.25) is 5.91 Å². The van der Waals surface area contributed by atoms with E-state index in [-0.39, 0.29) is 24.1 Å². The third-order valence-electron chi connectivity index (χ3n) is 6.96. The molecule has 202 valence electrons. The second-order valence-electron chi connectivity index (χ2n) is 9.50. The fourth-order valence-corrected chi connectivity index (χ4v) is 5.94. The average molecular weight is 541 g/mol. The van der Waals surface area contributed by atoms with Crippen molar-refractivity contribution >= 4 is 23.2 Å². The van der Waals surface area contributed by atoms with E-state index >= 15 is 0 Å². The Morgan fingerprint density at radius 3 is 2.73 bits per heavy atom. The van der Waals surface area contributed by atoms with Crippen molar-refractivity contribution in [1.82, 2.24) is 20.5 Å². The summed E-state index contributed by atoms with van der Waals surface area (Å²) in [5, 5.41) is 17.0. The number of nitrogens with zero attached hydrogens (tertiary/aromatic N) is 2. The van der Waals surface area contributed by atoms with Crippen LogP contribution in [0.25, 0.3) is 0 Å². The first-order chi connectivity index (χ1) is 17.6. The second kappa shape index (κ2) is 11.4. The molecule has 1 atom stereocenters. The molecule has 12 heteroatoms. The number of halogens is 3. The van der Waals surface area contributed by atoms with Gasteiger partial charge >= 0.3 is 6.18 Å². The lowest BCUT2D eigenvalue weighted by Crippen LogP contribution is -2.45. The van der Waals surface area contributed by atoms with Crippen LogP contribution in [0.5, 0.6) is 5.19 Å². The number of benzene rings is 1. The number of rotatable bonds is 8. The average Bonchev–Trinajstić information content (AvgIpc) is 3.53. The number of ether oxygens (including phenoxy) is 1. The summed E-state index contributed by atoms with van der Waals surface area (Å²) in [4.78, 5) is 32.0. The van der Waals surface area contributed by atoms with Gasteiger partial charge in [0.1, 0.15) is 5.60 Å². The lowest BCUT2D eigenvalue weighted by Gasteiger charge is -2.39. The number of alkyl halides is 3. The van der Waals surface area contributed by atoms with Crippen LogP contribution in [0.3, 0.4) is 0 Å². The summed E-state index contributed by atoms with van der Waals surface area (Å²) in [6.07, 6.45) is 0.816. The number of aliphatic hydroxyl groups is 1. The van der Waals surface area contributed by atoms with Gasteiger partial charge in [0.25, 0.3) is 11.1 Å². The zero-order valence-electron chi connectivity index (χ0n) is 20.5. The van der Waals surface area contributed by atoms with Crippen LogP contribution in [0, 0.1) is 0 Å². The van der Waals surface area contributed by atoms with Crippen LogP contribution < -0.4 is 15.4 Å². The number of hydrogen-bond donors (Lipinski definition) is 3. The van der Waals surface area contributed by atoms with Gasteiger partial charge in [-0.05, 0) is 57.2 Å². The van der Waals surface area contributed by atoms with Crippen molar-refractivity contribution in [2.75, 3.05) is 26.2 Å². The number of amides is 2. The Morgan fingerprint density at radius 1 is 1.27 bits per heavy atom. The highest BCUT2D eigenvalue weighted by Crippen LogP contribution is 2.42. The monoisotopic (exact) mass is 540 g/mol. The van der Waals surface area contributed by atoms with E-state index in [1.54, 1.807) is 6.20 Å². The third kappa shape index (κ3) is 6.79. The maximum absolute atomic E-state index is 12.9. The van der Waals surface area contributed by atoms with Crippen LogP contribution >= 0.6 is 11.3 Å². The highest BCUT2D eigenvalue weighted by Gasteiger charge is 2.40. The van der Waals surface area contributed by atoms with Gasteiger partial charge in [-0.3, -0.25) is 14.5 Å². The second-order valence-corrected chi connectivity index (χ2v) is 10.5. The van der Waals surface area contributed by atoms with Crippen LogP contribution in [0.4, 0.5) is 13.2 Å². The van der Waals surface area contributed by atoms with E-state index in [4.69, 9.17) is 4.74 Å². The number of hydrogen-bond acceptors (Lipinski definition) is 7. The Morgan fingerprint density at radius 2 is 2.03 bits per heavy atom. The minimum atomic E-state index is -4.55. The van der Waals surface area contributed by atoms with Gasteiger partial charge in [0.05, 0.1) is 23.6 Å². The number of thiazole rings is 1. The van der Waals surface area contributed by atoms with E-state index in [1.807, 2.05) is 6.92 Å². The summed E-state index contributed by atoms with van der Waals surface area (Å²) in [6, 6.07) is 4.32. The zero-order chi connectivity index (χ0) is 26.6. The summed E-state index contributed by atoms with van der Waals surface area (Å²) in [5.41, 5.74) is -1.97. The SMILES string of the molecule is CCOc1ncc(C2(O)CCC(N3CC[C@@H](NC(=O)CNC(=O)c4cccc(C(F)(F)F)c4)C3)CC2)s1. The summed E-state index contributed by atoms with van der Waals surface area (Å²) in [5.74, 6) is -1.13. The molecule has 1 aliphatic carbocycles. The smallest absolute Gasteiger partial charge is 0.416 e. The van der Waals surface area contributed by atoms with Crippen LogP contribution in [0.1, 0.15) is 59.8 Å². The number of likely N-dealkylation sites (tertiary alicyclic amines) is 1. The van der Waals surface area contributed by atoms with E-state index in [1.165, 1.54) is 17.4 Å². The number of carbonyl (C=O) groups is 2. The topological polar surface area (TPSA) is 104 Å². The molecular formula is C25H31F3N4O4S. The molecule has 2 heterocycles. The van der Waals surface area contributed by atoms with Gasteiger partial charge in [-0.2, -0.15) is 13.2 Å². The van der Waals surface area contributed by atoms with Gasteiger partial charge in [-0.25, -0.2) is 4.98 Å². The van der Waals surface area contributed by atoms with Crippen LogP contribution in [0.15, 0.2) is 30.5 Å². The van der Waals surface area contributed by atoms with Crippen molar-refractivity contribution in [2.45, 2.75) is 62.9 Å². The first-order valence-corrected chi connectivity index (χ1v) is 13.2. The molecule has 1 aromatic heterocycles. The quantitative estimate of drug-likeness (QED) is 0.475. The molecular weight excluding hydrogens is 509 g/mol. The maximum Gasteiger partial charge on any atom is 0.416 e. The van der Waals surface area contributed by atoms with Crippen molar-refractivity contribution < 1.29 is 32.6 Å². The molecule has 37 heavy (non-hydrogen) atoms. The van der Waals surface area contributed by atoms with Crippen LogP contribution in [-0.2, 0) is 16.6 Å². The van der Waals surface area contributed by atoms with E-state index in [0.29, 0.717) is 37.2 Å². The first kappa shape index (κ1) is 27.3. The molecule has 4 rings (SSSR count). The Balaban J connectivity index is 1.21. The van der Waals surface area contributed by atoms with E-state index in [9.17, 15) is 27.9 Å². The molecule has 8 nitrogen and oxygen atoms in total. The normalized spacial score (nSPS) is 24.6. The molecule has 0 bridgehead atoms. The summed E-state index contributed by atoms with van der Waals surface area (Å²) in [6.45, 7) is 3.59. The highest BCUT2D eigenvalue weighted by atomic mass is 32.1. The Labute approximate surface area is 217 Å². The maximum atomic E-state index is 12.9. The van der Waals surface area contributed by atoms with E-state index in [0.717, 1.165) is 48.9 Å². The Kier molecular flexibility index (Phi) is 8.39. The van der Waals surface area contributed by atoms with E-state index in [2.05, 4.69) is 20.5 Å². The number of carbonyl (C=O) groups excluding carboxylic acids is 2. The first-order valence-electron chi connectivity index (χ1n) is 12.4. The lowest BCUT2D eigenvalue weighted by molar-refractivity contribution is -0.137. The van der Waals surface area contributed by atoms with Gasteiger partial charge < -0.3 is 20.5 Å². The molecule has 1 aliphatic heterocycles. The fraction of sp³-hybridized carbons (Fsp3) is 0.560. The summed E-state index contributed by atoms with van der Waals surface area (Å²) in [7, 11) is 0. The standard InChI is InChI=1S/C25H31F3N4O4S/c1-2-36-23-30-13-20(37-23)24(35)9-6-19(7-10-24)32-11-8-18(15-32)31-21(33)14-29-22(34)16-4-3-5-17(12-16)25(26,27)28/h3-5,12-13,18-19,35H,2,6-11,14-15H2,1H3,(H,29,34)(H,31,33)/t18-,19?,24?/m1/s1.